The predicted molar refractivity (Wildman–Crippen MR) is 104 cm³/mol. The molecule has 2 aromatic heterocycles. The van der Waals surface area contributed by atoms with E-state index in [0.29, 0.717) is 10.6 Å². The van der Waals surface area contributed by atoms with Crippen molar-refractivity contribution in [2.45, 2.75) is 0 Å². The van der Waals surface area contributed by atoms with Crippen molar-refractivity contribution in [1.29, 1.82) is 0 Å². The van der Waals surface area contributed by atoms with Gasteiger partial charge in [-0.05, 0) is 30.3 Å². The first-order chi connectivity index (χ1) is 13.5. The van der Waals surface area contributed by atoms with E-state index in [1.807, 2.05) is 0 Å². The lowest BCUT2D eigenvalue weighted by Crippen LogP contribution is -2.32. The fourth-order valence-corrected chi connectivity index (χ4v) is 2.28. The van der Waals surface area contributed by atoms with Gasteiger partial charge in [0.15, 0.2) is 11.6 Å². The van der Waals surface area contributed by atoms with Crippen molar-refractivity contribution in [2.24, 2.45) is 0 Å². The van der Waals surface area contributed by atoms with Crippen LogP contribution in [0.25, 0.3) is 0 Å². The Morgan fingerprint density at radius 2 is 1.61 bits per heavy atom. The zero-order valence-electron chi connectivity index (χ0n) is 14.3. The van der Waals surface area contributed by atoms with E-state index in [1.165, 1.54) is 18.6 Å². The highest BCUT2D eigenvalue weighted by molar-refractivity contribution is 6.30. The van der Waals surface area contributed by atoms with Crippen LogP contribution in [0.15, 0.2) is 55.0 Å². The fraction of sp³-hybridized carbons (Fsp3) is 0. The summed E-state index contributed by atoms with van der Waals surface area (Å²) in [5, 5.41) is 0.435. The zero-order valence-corrected chi connectivity index (χ0v) is 15.1. The minimum atomic E-state index is -0.470. The lowest BCUT2D eigenvalue weighted by molar-refractivity contribution is 0.0952. The molecule has 0 aliphatic heterocycles. The Morgan fingerprint density at radius 3 is 2.25 bits per heavy atom. The summed E-state index contributed by atoms with van der Waals surface area (Å²) in [5.74, 6) is -0.625. The van der Waals surface area contributed by atoms with Crippen LogP contribution in [0.4, 0.5) is 17.3 Å². The van der Waals surface area contributed by atoms with E-state index in [0.717, 1.165) is 0 Å². The molecule has 142 valence electrons. The van der Waals surface area contributed by atoms with Gasteiger partial charge in [-0.15, -0.1) is 0 Å². The second-order valence-electron chi connectivity index (χ2n) is 5.37. The van der Waals surface area contributed by atoms with Crippen molar-refractivity contribution in [1.82, 2.24) is 25.8 Å². The minimum Gasteiger partial charge on any atom is -0.393 e. The first-order valence-corrected chi connectivity index (χ1v) is 8.32. The maximum Gasteiger partial charge on any atom is 0.288 e. The van der Waals surface area contributed by atoms with Crippen LogP contribution in [-0.4, -0.2) is 26.8 Å². The molecule has 2 amide bonds. The Morgan fingerprint density at radius 1 is 0.893 bits per heavy atom. The standard InChI is InChI=1S/C17H15ClN8O2/c18-11-5-3-4-10(8-11)16(27)25-23-14-13(19)15(22-9-21-14)24-26-17(28)12-6-1-2-7-20-12/h1-9H,19H2,(H,25,27)(H,26,28)(H2,21,22,23,24). The van der Waals surface area contributed by atoms with E-state index in [1.54, 1.807) is 36.4 Å². The van der Waals surface area contributed by atoms with Gasteiger partial charge in [0.05, 0.1) is 0 Å². The van der Waals surface area contributed by atoms with Gasteiger partial charge < -0.3 is 5.73 Å². The number of carbonyl (C=O) groups excluding carboxylic acids is 2. The van der Waals surface area contributed by atoms with Gasteiger partial charge in [0.2, 0.25) is 0 Å². The molecule has 0 fully saturated rings. The summed E-state index contributed by atoms with van der Waals surface area (Å²) in [6.45, 7) is 0. The van der Waals surface area contributed by atoms with Crippen LogP contribution in [0.2, 0.25) is 5.02 Å². The molecule has 1 aromatic carbocycles. The first-order valence-electron chi connectivity index (χ1n) is 7.94. The number of aromatic nitrogens is 3. The largest absolute Gasteiger partial charge is 0.393 e. The molecule has 0 spiro atoms. The highest BCUT2D eigenvalue weighted by atomic mass is 35.5. The highest BCUT2D eigenvalue weighted by Gasteiger charge is 2.12. The molecule has 0 atom stereocenters. The summed E-state index contributed by atoms with van der Waals surface area (Å²) in [7, 11) is 0. The number of nitrogens with zero attached hydrogens (tertiary/aromatic N) is 3. The van der Waals surface area contributed by atoms with Gasteiger partial charge in [0.1, 0.15) is 17.7 Å². The predicted octanol–water partition coefficient (Wildman–Crippen LogP) is 1.62. The Bertz CT molecular complexity index is 999. The quantitative estimate of drug-likeness (QED) is 0.393. The second kappa shape index (κ2) is 8.64. The van der Waals surface area contributed by atoms with E-state index in [4.69, 9.17) is 17.3 Å². The first kappa shape index (κ1) is 18.9. The van der Waals surface area contributed by atoms with Crippen LogP contribution in [-0.2, 0) is 0 Å². The van der Waals surface area contributed by atoms with Gasteiger partial charge >= 0.3 is 0 Å². The number of nitrogen functional groups attached to an aromatic ring is 1. The monoisotopic (exact) mass is 398 g/mol. The molecule has 11 heteroatoms. The molecule has 2 heterocycles. The van der Waals surface area contributed by atoms with Gasteiger partial charge in [-0.25, -0.2) is 9.97 Å². The third kappa shape index (κ3) is 4.62. The minimum absolute atomic E-state index is 0.0789. The number of anilines is 3. The summed E-state index contributed by atoms with van der Waals surface area (Å²) >= 11 is 5.87. The number of hydrogen-bond donors (Lipinski definition) is 5. The number of carbonyl (C=O) groups is 2. The van der Waals surface area contributed by atoms with E-state index < -0.39 is 11.8 Å². The van der Waals surface area contributed by atoms with Gasteiger partial charge in [-0.1, -0.05) is 23.7 Å². The Balaban J connectivity index is 1.62. The summed E-state index contributed by atoms with van der Waals surface area (Å²) < 4.78 is 0. The number of pyridine rings is 1. The molecule has 0 aliphatic rings. The number of halogens is 1. The van der Waals surface area contributed by atoms with Crippen LogP contribution in [0.5, 0.6) is 0 Å². The van der Waals surface area contributed by atoms with Crippen molar-refractivity contribution in [3.8, 4) is 0 Å². The smallest absolute Gasteiger partial charge is 0.288 e. The molecule has 28 heavy (non-hydrogen) atoms. The number of rotatable bonds is 6. The number of hydrogen-bond acceptors (Lipinski definition) is 8. The van der Waals surface area contributed by atoms with Crippen molar-refractivity contribution in [3.05, 3.63) is 71.3 Å². The molecular weight excluding hydrogens is 384 g/mol. The molecule has 3 aromatic rings. The zero-order chi connectivity index (χ0) is 19.9. The Kier molecular flexibility index (Phi) is 5.82. The summed E-state index contributed by atoms with van der Waals surface area (Å²) in [5.41, 5.74) is 16.7. The van der Waals surface area contributed by atoms with Crippen molar-refractivity contribution in [3.63, 3.8) is 0 Å². The van der Waals surface area contributed by atoms with E-state index >= 15 is 0 Å². The highest BCUT2D eigenvalue weighted by Crippen LogP contribution is 2.21. The molecular formula is C17H15ClN8O2. The van der Waals surface area contributed by atoms with Crippen LogP contribution >= 0.6 is 11.6 Å². The molecule has 3 rings (SSSR count). The SMILES string of the molecule is Nc1c(NNC(=O)c2cccc(Cl)c2)ncnc1NNC(=O)c1ccccn1. The van der Waals surface area contributed by atoms with Gasteiger partial charge in [-0.3, -0.25) is 36.3 Å². The molecule has 0 saturated heterocycles. The summed E-state index contributed by atoms with van der Waals surface area (Å²) in [4.78, 5) is 36.0. The third-order valence-electron chi connectivity index (χ3n) is 3.46. The molecule has 0 radical (unpaired) electrons. The molecule has 0 bridgehead atoms. The Labute approximate surface area is 164 Å². The third-order valence-corrected chi connectivity index (χ3v) is 3.69. The maximum absolute atomic E-state index is 12.1. The van der Waals surface area contributed by atoms with Gasteiger partial charge in [0, 0.05) is 16.8 Å². The number of nitrogens with one attached hydrogen (secondary N) is 4. The molecule has 0 unspecified atom stereocenters. The van der Waals surface area contributed by atoms with Crippen LogP contribution in [0, 0.1) is 0 Å². The second-order valence-corrected chi connectivity index (χ2v) is 5.80. The van der Waals surface area contributed by atoms with Crippen molar-refractivity contribution in [2.75, 3.05) is 16.6 Å². The lowest BCUT2D eigenvalue weighted by Gasteiger charge is -2.13. The summed E-state index contributed by atoms with van der Waals surface area (Å²) in [6.07, 6.45) is 2.71. The Hall–Kier alpha value is -3.92. The average Bonchev–Trinajstić information content (AvgIpc) is 2.72. The molecule has 6 N–H and O–H groups in total. The van der Waals surface area contributed by atoms with E-state index in [2.05, 4.69) is 36.7 Å². The molecule has 0 aliphatic carbocycles. The van der Waals surface area contributed by atoms with E-state index in [-0.39, 0.29) is 23.0 Å². The summed E-state index contributed by atoms with van der Waals surface area (Å²) in [6, 6.07) is 11.4. The topological polar surface area (TPSA) is 147 Å². The van der Waals surface area contributed by atoms with Crippen LogP contribution in [0.3, 0.4) is 0 Å². The van der Waals surface area contributed by atoms with Crippen molar-refractivity contribution >= 4 is 40.7 Å². The van der Waals surface area contributed by atoms with Crippen LogP contribution < -0.4 is 27.4 Å². The maximum atomic E-state index is 12.1. The van der Waals surface area contributed by atoms with Gasteiger partial charge in [-0.2, -0.15) is 0 Å². The number of hydrazine groups is 2. The number of amides is 2. The molecule has 0 saturated carbocycles. The number of benzene rings is 1. The number of nitrogens with two attached hydrogens (primary N) is 1. The molecule has 10 nitrogen and oxygen atoms in total. The average molecular weight is 399 g/mol. The lowest BCUT2D eigenvalue weighted by atomic mass is 10.2. The van der Waals surface area contributed by atoms with Crippen LogP contribution in [0.1, 0.15) is 20.8 Å². The van der Waals surface area contributed by atoms with Gasteiger partial charge in [0.25, 0.3) is 11.8 Å². The van der Waals surface area contributed by atoms with E-state index in [9.17, 15) is 9.59 Å². The fourth-order valence-electron chi connectivity index (χ4n) is 2.09. The normalized spacial score (nSPS) is 10.0. The van der Waals surface area contributed by atoms with Crippen molar-refractivity contribution < 1.29 is 9.59 Å².